The predicted molar refractivity (Wildman–Crippen MR) is 112 cm³/mol. The summed E-state index contributed by atoms with van der Waals surface area (Å²) in [6.45, 7) is 3.76. The molecule has 1 saturated heterocycles. The number of nitrogens with one attached hydrogen (secondary N) is 1. The van der Waals surface area contributed by atoms with E-state index in [-0.39, 0.29) is 5.91 Å². The Balaban J connectivity index is 1.55. The van der Waals surface area contributed by atoms with E-state index in [9.17, 15) is 4.79 Å². The number of likely N-dealkylation sites (tertiary alicyclic amines) is 1. The van der Waals surface area contributed by atoms with Crippen LogP contribution in [0.3, 0.4) is 0 Å². The minimum Gasteiger partial charge on any atom is -0.340 e. The van der Waals surface area contributed by atoms with Crippen molar-refractivity contribution in [1.82, 2.24) is 14.9 Å². The van der Waals surface area contributed by atoms with Gasteiger partial charge >= 0.3 is 0 Å². The SMILES string of the molecule is Cc1ccc(Nc2cc(-c3cccc(C(=O)N4CCCCC4)c3)ncn2)cc1. The number of carbonyl (C=O) groups excluding carboxylic acids is 1. The number of rotatable bonds is 4. The monoisotopic (exact) mass is 372 g/mol. The molecule has 0 atom stereocenters. The fraction of sp³-hybridized carbons (Fsp3) is 0.261. The summed E-state index contributed by atoms with van der Waals surface area (Å²) in [5.41, 5.74) is 4.61. The van der Waals surface area contributed by atoms with Gasteiger partial charge < -0.3 is 10.2 Å². The van der Waals surface area contributed by atoms with Crippen LogP contribution in [0.1, 0.15) is 35.2 Å². The number of anilines is 2. The second-order valence-corrected chi connectivity index (χ2v) is 7.21. The molecule has 1 fully saturated rings. The van der Waals surface area contributed by atoms with Crippen LogP contribution in [0, 0.1) is 6.92 Å². The maximum atomic E-state index is 12.8. The molecule has 28 heavy (non-hydrogen) atoms. The summed E-state index contributed by atoms with van der Waals surface area (Å²) >= 11 is 0. The molecule has 2 heterocycles. The van der Waals surface area contributed by atoms with Crippen LogP contribution in [0.15, 0.2) is 60.9 Å². The second-order valence-electron chi connectivity index (χ2n) is 7.21. The van der Waals surface area contributed by atoms with Gasteiger partial charge in [-0.3, -0.25) is 4.79 Å². The average Bonchev–Trinajstić information content (AvgIpc) is 2.76. The Kier molecular flexibility index (Phi) is 5.33. The number of aromatic nitrogens is 2. The van der Waals surface area contributed by atoms with Gasteiger partial charge in [0.05, 0.1) is 5.69 Å². The van der Waals surface area contributed by atoms with Crippen molar-refractivity contribution in [3.05, 3.63) is 72.1 Å². The van der Waals surface area contributed by atoms with Gasteiger partial charge in [-0.1, -0.05) is 29.8 Å². The average molecular weight is 372 g/mol. The summed E-state index contributed by atoms with van der Waals surface area (Å²) in [6.07, 6.45) is 4.93. The highest BCUT2D eigenvalue weighted by Gasteiger charge is 2.18. The Bertz CT molecular complexity index is 962. The lowest BCUT2D eigenvalue weighted by Gasteiger charge is -2.26. The largest absolute Gasteiger partial charge is 0.340 e. The van der Waals surface area contributed by atoms with E-state index in [1.54, 1.807) is 6.33 Å². The third-order valence-corrected chi connectivity index (χ3v) is 5.04. The first-order valence-corrected chi connectivity index (χ1v) is 9.74. The summed E-state index contributed by atoms with van der Waals surface area (Å²) in [6, 6.07) is 17.8. The van der Waals surface area contributed by atoms with Gasteiger partial charge in [0.2, 0.25) is 0 Å². The van der Waals surface area contributed by atoms with Gasteiger partial charge in [-0.15, -0.1) is 0 Å². The number of carbonyl (C=O) groups is 1. The van der Waals surface area contributed by atoms with E-state index in [0.29, 0.717) is 5.56 Å². The number of benzene rings is 2. The van der Waals surface area contributed by atoms with Crippen LogP contribution in [0.25, 0.3) is 11.3 Å². The zero-order valence-corrected chi connectivity index (χ0v) is 16.1. The Labute approximate surface area is 165 Å². The molecule has 0 aliphatic carbocycles. The summed E-state index contributed by atoms with van der Waals surface area (Å²) < 4.78 is 0. The first kappa shape index (κ1) is 18.2. The Hall–Kier alpha value is -3.21. The van der Waals surface area contributed by atoms with E-state index in [2.05, 4.69) is 34.3 Å². The number of hydrogen-bond acceptors (Lipinski definition) is 4. The van der Waals surface area contributed by atoms with Crippen LogP contribution in [0.4, 0.5) is 11.5 Å². The topological polar surface area (TPSA) is 58.1 Å². The summed E-state index contributed by atoms with van der Waals surface area (Å²) in [5.74, 6) is 0.829. The molecular weight excluding hydrogens is 348 g/mol. The van der Waals surface area contributed by atoms with Crippen molar-refractivity contribution >= 4 is 17.4 Å². The van der Waals surface area contributed by atoms with Crippen LogP contribution in [-0.2, 0) is 0 Å². The molecule has 1 amide bonds. The Morgan fingerprint density at radius 1 is 0.964 bits per heavy atom. The van der Waals surface area contributed by atoms with Crippen molar-refractivity contribution in [2.75, 3.05) is 18.4 Å². The molecule has 0 saturated carbocycles. The van der Waals surface area contributed by atoms with Crippen LogP contribution in [-0.4, -0.2) is 33.9 Å². The van der Waals surface area contributed by atoms with Gasteiger partial charge in [0.1, 0.15) is 12.1 Å². The molecule has 2 aromatic carbocycles. The van der Waals surface area contributed by atoms with Gasteiger partial charge in [0, 0.05) is 36.0 Å². The molecule has 0 bridgehead atoms. The van der Waals surface area contributed by atoms with Crippen molar-refractivity contribution in [2.24, 2.45) is 0 Å². The molecule has 1 aliphatic rings. The first-order chi connectivity index (χ1) is 13.7. The third-order valence-electron chi connectivity index (χ3n) is 5.04. The summed E-state index contributed by atoms with van der Waals surface area (Å²) in [7, 11) is 0. The van der Waals surface area contributed by atoms with Gasteiger partial charge in [-0.05, 0) is 50.5 Å². The lowest BCUT2D eigenvalue weighted by atomic mass is 10.1. The Morgan fingerprint density at radius 3 is 2.54 bits per heavy atom. The standard InChI is InChI=1S/C23H24N4O/c1-17-8-10-20(11-9-17)26-22-15-21(24-16-25-22)18-6-5-7-19(14-18)23(28)27-12-3-2-4-13-27/h5-11,14-16H,2-4,12-13H2,1H3,(H,24,25,26). The van der Waals surface area contributed by atoms with Gasteiger partial charge in [-0.2, -0.15) is 0 Å². The van der Waals surface area contributed by atoms with Crippen LogP contribution in [0.5, 0.6) is 0 Å². The maximum absolute atomic E-state index is 12.8. The van der Waals surface area contributed by atoms with E-state index < -0.39 is 0 Å². The number of piperidine rings is 1. The highest BCUT2D eigenvalue weighted by Crippen LogP contribution is 2.23. The number of nitrogens with zero attached hydrogens (tertiary/aromatic N) is 3. The molecule has 1 aliphatic heterocycles. The molecule has 0 radical (unpaired) electrons. The fourth-order valence-corrected chi connectivity index (χ4v) is 3.46. The van der Waals surface area contributed by atoms with E-state index in [0.717, 1.165) is 48.7 Å². The number of aryl methyl sites for hydroxylation is 1. The summed E-state index contributed by atoms with van der Waals surface area (Å²) in [4.78, 5) is 23.5. The van der Waals surface area contributed by atoms with Gasteiger partial charge in [0.25, 0.3) is 5.91 Å². The molecule has 1 N–H and O–H groups in total. The number of hydrogen-bond donors (Lipinski definition) is 1. The Morgan fingerprint density at radius 2 is 1.75 bits per heavy atom. The normalized spacial score (nSPS) is 14.0. The number of amides is 1. The molecule has 5 heteroatoms. The molecule has 0 spiro atoms. The molecule has 142 valence electrons. The lowest BCUT2D eigenvalue weighted by Crippen LogP contribution is -2.35. The van der Waals surface area contributed by atoms with E-state index >= 15 is 0 Å². The molecule has 1 aromatic heterocycles. The van der Waals surface area contributed by atoms with E-state index in [4.69, 9.17) is 0 Å². The third kappa shape index (κ3) is 4.19. The minimum atomic E-state index is 0.105. The fourth-order valence-electron chi connectivity index (χ4n) is 3.46. The van der Waals surface area contributed by atoms with Crippen molar-refractivity contribution in [3.63, 3.8) is 0 Å². The second kappa shape index (κ2) is 8.21. The first-order valence-electron chi connectivity index (χ1n) is 9.74. The smallest absolute Gasteiger partial charge is 0.253 e. The highest BCUT2D eigenvalue weighted by molar-refractivity contribution is 5.95. The van der Waals surface area contributed by atoms with Crippen molar-refractivity contribution in [3.8, 4) is 11.3 Å². The zero-order chi connectivity index (χ0) is 19.3. The predicted octanol–water partition coefficient (Wildman–Crippen LogP) is 4.82. The molecule has 3 aromatic rings. The van der Waals surface area contributed by atoms with E-state index in [1.807, 2.05) is 47.4 Å². The highest BCUT2D eigenvalue weighted by atomic mass is 16.2. The molecule has 0 unspecified atom stereocenters. The van der Waals surface area contributed by atoms with Crippen LogP contribution >= 0.6 is 0 Å². The maximum Gasteiger partial charge on any atom is 0.253 e. The van der Waals surface area contributed by atoms with Gasteiger partial charge in [-0.25, -0.2) is 9.97 Å². The van der Waals surface area contributed by atoms with Crippen molar-refractivity contribution < 1.29 is 4.79 Å². The summed E-state index contributed by atoms with van der Waals surface area (Å²) in [5, 5.41) is 3.30. The molecule has 5 nitrogen and oxygen atoms in total. The molecular formula is C23H24N4O. The van der Waals surface area contributed by atoms with Crippen molar-refractivity contribution in [2.45, 2.75) is 26.2 Å². The molecule has 4 rings (SSSR count). The van der Waals surface area contributed by atoms with Crippen LogP contribution < -0.4 is 5.32 Å². The van der Waals surface area contributed by atoms with Crippen molar-refractivity contribution in [1.29, 1.82) is 0 Å². The van der Waals surface area contributed by atoms with Gasteiger partial charge in [0.15, 0.2) is 0 Å². The lowest BCUT2D eigenvalue weighted by molar-refractivity contribution is 0.0724. The van der Waals surface area contributed by atoms with E-state index in [1.165, 1.54) is 12.0 Å². The minimum absolute atomic E-state index is 0.105. The quantitative estimate of drug-likeness (QED) is 0.713. The zero-order valence-electron chi connectivity index (χ0n) is 16.1. The van der Waals surface area contributed by atoms with Crippen LogP contribution in [0.2, 0.25) is 0 Å².